The zero-order valence-electron chi connectivity index (χ0n) is 13.1. The number of nitrogens with one attached hydrogen (secondary N) is 1. The molecule has 0 saturated carbocycles. The van der Waals surface area contributed by atoms with Gasteiger partial charge >= 0.3 is 0 Å². The average Bonchev–Trinajstić information content (AvgIpc) is 2.60. The van der Waals surface area contributed by atoms with Gasteiger partial charge in [-0.2, -0.15) is 5.10 Å². The van der Waals surface area contributed by atoms with Crippen molar-refractivity contribution in [2.45, 2.75) is 0 Å². The molecule has 0 bridgehead atoms. The summed E-state index contributed by atoms with van der Waals surface area (Å²) in [5.74, 6) is 0.161. The highest BCUT2D eigenvalue weighted by Gasteiger charge is 2.05. The number of nitrogens with two attached hydrogens (primary N) is 1. The van der Waals surface area contributed by atoms with Gasteiger partial charge in [0.1, 0.15) is 11.5 Å². The second-order valence-electron chi connectivity index (χ2n) is 4.76. The Morgan fingerprint density at radius 2 is 1.92 bits per heavy atom. The summed E-state index contributed by atoms with van der Waals surface area (Å²) in [6.45, 7) is -0.201. The molecule has 7 heteroatoms. The minimum absolute atomic E-state index is 0.201. The maximum atomic E-state index is 12.0. The number of carbonyl (C=O) groups excluding carboxylic acids is 2. The van der Waals surface area contributed by atoms with Crippen molar-refractivity contribution in [1.82, 2.24) is 5.43 Å². The first-order valence-electron chi connectivity index (χ1n) is 7.07. The van der Waals surface area contributed by atoms with E-state index >= 15 is 0 Å². The van der Waals surface area contributed by atoms with Crippen LogP contribution in [-0.4, -0.2) is 31.7 Å². The van der Waals surface area contributed by atoms with Crippen LogP contribution in [0.5, 0.6) is 11.5 Å². The van der Waals surface area contributed by atoms with Gasteiger partial charge < -0.3 is 15.2 Å². The fourth-order valence-electron chi connectivity index (χ4n) is 1.83. The predicted molar refractivity (Wildman–Crippen MR) is 89.2 cm³/mol. The quantitative estimate of drug-likeness (QED) is 0.591. The monoisotopic (exact) mass is 327 g/mol. The topological polar surface area (TPSA) is 103 Å². The Labute approximate surface area is 139 Å². The molecule has 3 N–H and O–H groups in total. The van der Waals surface area contributed by atoms with E-state index in [0.29, 0.717) is 22.6 Å². The molecule has 0 radical (unpaired) electrons. The molecule has 0 fully saturated rings. The Morgan fingerprint density at radius 1 is 1.17 bits per heavy atom. The number of primary amides is 1. The number of carbonyl (C=O) groups is 2. The van der Waals surface area contributed by atoms with Crippen LogP contribution in [0.2, 0.25) is 0 Å². The molecule has 0 unspecified atom stereocenters. The number of hydrogen-bond acceptors (Lipinski definition) is 5. The third-order valence-corrected chi connectivity index (χ3v) is 2.95. The van der Waals surface area contributed by atoms with Crippen molar-refractivity contribution in [2.24, 2.45) is 10.8 Å². The molecule has 2 rings (SSSR count). The van der Waals surface area contributed by atoms with E-state index in [9.17, 15) is 9.59 Å². The molecule has 0 heterocycles. The summed E-state index contributed by atoms with van der Waals surface area (Å²) in [6, 6.07) is 13.6. The highest BCUT2D eigenvalue weighted by molar-refractivity contribution is 5.95. The van der Waals surface area contributed by atoms with Gasteiger partial charge in [-0.15, -0.1) is 0 Å². The summed E-state index contributed by atoms with van der Waals surface area (Å²) < 4.78 is 10.3. The Hall–Kier alpha value is -3.35. The molecule has 0 aliphatic heterocycles. The number of hydrazone groups is 1. The van der Waals surface area contributed by atoms with Gasteiger partial charge in [-0.25, -0.2) is 5.43 Å². The molecular formula is C17H17N3O4. The normalized spacial score (nSPS) is 10.4. The number of hydrogen-bond donors (Lipinski definition) is 2. The summed E-state index contributed by atoms with van der Waals surface area (Å²) in [7, 11) is 1.53. The largest absolute Gasteiger partial charge is 0.497 e. The Kier molecular flexibility index (Phi) is 5.90. The summed E-state index contributed by atoms with van der Waals surface area (Å²) in [6.07, 6.45) is 1.47. The van der Waals surface area contributed by atoms with Crippen LogP contribution < -0.4 is 20.6 Å². The fraction of sp³-hybridized carbons (Fsp3) is 0.118. The van der Waals surface area contributed by atoms with Crippen LogP contribution in [-0.2, 0) is 4.79 Å². The maximum Gasteiger partial charge on any atom is 0.271 e. The molecule has 0 aliphatic carbocycles. The molecule has 0 aliphatic rings. The number of nitrogens with zero attached hydrogens (tertiary/aromatic N) is 1. The second-order valence-corrected chi connectivity index (χ2v) is 4.76. The minimum atomic E-state index is -0.556. The van der Waals surface area contributed by atoms with Gasteiger partial charge in [0, 0.05) is 5.56 Å². The zero-order chi connectivity index (χ0) is 17.4. The van der Waals surface area contributed by atoms with E-state index in [1.807, 2.05) is 0 Å². The van der Waals surface area contributed by atoms with Crippen LogP contribution in [0, 0.1) is 0 Å². The molecule has 0 spiro atoms. The number of amides is 2. The van der Waals surface area contributed by atoms with Crippen molar-refractivity contribution in [3.05, 3.63) is 59.7 Å². The first-order chi connectivity index (χ1) is 11.6. The molecule has 2 amide bonds. The molecule has 0 aromatic heterocycles. The number of methoxy groups -OCH3 is 1. The van der Waals surface area contributed by atoms with Crippen molar-refractivity contribution in [3.63, 3.8) is 0 Å². The lowest BCUT2D eigenvalue weighted by molar-refractivity contribution is -0.119. The summed E-state index contributed by atoms with van der Waals surface area (Å²) in [5.41, 5.74) is 8.58. The van der Waals surface area contributed by atoms with Crippen molar-refractivity contribution < 1.29 is 19.1 Å². The lowest BCUT2D eigenvalue weighted by Crippen LogP contribution is -2.20. The molecule has 7 nitrogen and oxygen atoms in total. The highest BCUT2D eigenvalue weighted by atomic mass is 16.5. The van der Waals surface area contributed by atoms with Crippen LogP contribution in [0.3, 0.4) is 0 Å². The van der Waals surface area contributed by atoms with E-state index in [1.54, 1.807) is 48.5 Å². The fourth-order valence-corrected chi connectivity index (χ4v) is 1.83. The first-order valence-corrected chi connectivity index (χ1v) is 7.07. The van der Waals surface area contributed by atoms with E-state index in [4.69, 9.17) is 15.2 Å². The third-order valence-electron chi connectivity index (χ3n) is 2.95. The van der Waals surface area contributed by atoms with Crippen LogP contribution >= 0.6 is 0 Å². The van der Waals surface area contributed by atoms with Gasteiger partial charge in [0.05, 0.1) is 13.3 Å². The lowest BCUT2D eigenvalue weighted by Gasteiger charge is -2.04. The molecular weight excluding hydrogens is 310 g/mol. The highest BCUT2D eigenvalue weighted by Crippen LogP contribution is 2.13. The van der Waals surface area contributed by atoms with Crippen LogP contribution in [0.25, 0.3) is 0 Å². The minimum Gasteiger partial charge on any atom is -0.497 e. The van der Waals surface area contributed by atoms with Crippen molar-refractivity contribution in [3.8, 4) is 11.5 Å². The number of ether oxygens (including phenoxy) is 2. The third kappa shape index (κ3) is 5.13. The van der Waals surface area contributed by atoms with E-state index < -0.39 is 5.91 Å². The standard InChI is InChI=1S/C17H17N3O4/c1-23-14-6-3-5-13(9-14)17(22)20-19-10-12-4-2-7-15(8-12)24-11-16(18)21/h2-10H,11H2,1H3,(H2,18,21)(H,20,22)/b19-10+. The smallest absolute Gasteiger partial charge is 0.271 e. The van der Waals surface area contributed by atoms with Crippen LogP contribution in [0.4, 0.5) is 0 Å². The number of benzene rings is 2. The van der Waals surface area contributed by atoms with Crippen LogP contribution in [0.1, 0.15) is 15.9 Å². The second kappa shape index (κ2) is 8.33. The molecule has 124 valence electrons. The summed E-state index contributed by atoms with van der Waals surface area (Å²) in [5, 5.41) is 3.90. The van der Waals surface area contributed by atoms with Gasteiger partial charge in [0.15, 0.2) is 6.61 Å². The summed E-state index contributed by atoms with van der Waals surface area (Å²) in [4.78, 5) is 22.7. The first kappa shape index (κ1) is 17.0. The SMILES string of the molecule is COc1cccc(C(=O)N/N=C/c2cccc(OCC(N)=O)c2)c1. The summed E-state index contributed by atoms with van der Waals surface area (Å²) >= 11 is 0. The van der Waals surface area contributed by atoms with Gasteiger partial charge in [-0.1, -0.05) is 18.2 Å². The van der Waals surface area contributed by atoms with E-state index in [1.165, 1.54) is 13.3 Å². The maximum absolute atomic E-state index is 12.0. The van der Waals surface area contributed by atoms with Gasteiger partial charge in [0.25, 0.3) is 11.8 Å². The molecule has 24 heavy (non-hydrogen) atoms. The van der Waals surface area contributed by atoms with Crippen molar-refractivity contribution in [1.29, 1.82) is 0 Å². The molecule has 0 atom stereocenters. The van der Waals surface area contributed by atoms with E-state index in [2.05, 4.69) is 10.5 Å². The predicted octanol–water partition coefficient (Wildman–Crippen LogP) is 1.32. The van der Waals surface area contributed by atoms with Gasteiger partial charge in [-0.3, -0.25) is 9.59 Å². The van der Waals surface area contributed by atoms with Crippen LogP contribution in [0.15, 0.2) is 53.6 Å². The lowest BCUT2D eigenvalue weighted by atomic mass is 10.2. The Balaban J connectivity index is 1.96. The number of rotatable bonds is 7. The molecule has 2 aromatic carbocycles. The zero-order valence-corrected chi connectivity index (χ0v) is 13.1. The molecule has 0 saturated heterocycles. The van der Waals surface area contributed by atoms with Crippen molar-refractivity contribution in [2.75, 3.05) is 13.7 Å². The van der Waals surface area contributed by atoms with Crippen molar-refractivity contribution >= 4 is 18.0 Å². The Morgan fingerprint density at radius 3 is 2.67 bits per heavy atom. The van der Waals surface area contributed by atoms with E-state index in [-0.39, 0.29) is 12.5 Å². The average molecular weight is 327 g/mol. The van der Waals surface area contributed by atoms with Gasteiger partial charge in [0.2, 0.25) is 0 Å². The Bertz CT molecular complexity index is 759. The van der Waals surface area contributed by atoms with E-state index in [0.717, 1.165) is 0 Å². The van der Waals surface area contributed by atoms with Gasteiger partial charge in [-0.05, 0) is 35.9 Å². The molecule has 2 aromatic rings.